The van der Waals surface area contributed by atoms with Gasteiger partial charge in [-0.25, -0.2) is 0 Å². The van der Waals surface area contributed by atoms with E-state index in [2.05, 4.69) is 10.6 Å². The second kappa shape index (κ2) is 7.21. The molecule has 0 aliphatic heterocycles. The van der Waals surface area contributed by atoms with Gasteiger partial charge in [0.05, 0.1) is 16.3 Å². The van der Waals surface area contributed by atoms with Crippen LogP contribution in [0.5, 0.6) is 0 Å². The normalized spacial score (nSPS) is 10.2. The summed E-state index contributed by atoms with van der Waals surface area (Å²) in [7, 11) is 0. The van der Waals surface area contributed by atoms with Gasteiger partial charge in [-0.15, -0.1) is 11.3 Å². The van der Waals surface area contributed by atoms with Gasteiger partial charge in [-0.3, -0.25) is 9.59 Å². The topological polar surface area (TPSA) is 84.2 Å². The third-order valence-corrected chi connectivity index (χ3v) is 3.72. The van der Waals surface area contributed by atoms with E-state index in [1.165, 1.54) is 11.3 Å². The average molecular weight is 324 g/mol. The monoisotopic (exact) mass is 323 g/mol. The Labute approximate surface area is 131 Å². The summed E-state index contributed by atoms with van der Waals surface area (Å²) < 4.78 is 0. The van der Waals surface area contributed by atoms with Crippen LogP contribution < -0.4 is 16.4 Å². The van der Waals surface area contributed by atoms with Gasteiger partial charge in [0.25, 0.3) is 5.91 Å². The highest BCUT2D eigenvalue weighted by Crippen LogP contribution is 2.27. The molecule has 2 rings (SSSR count). The third-order valence-electron chi connectivity index (χ3n) is 2.62. The maximum absolute atomic E-state index is 12.1. The summed E-state index contributed by atoms with van der Waals surface area (Å²) in [5, 5.41) is 7.73. The maximum atomic E-state index is 12.1. The molecule has 0 radical (unpaired) electrons. The van der Waals surface area contributed by atoms with Crippen LogP contribution in [0.3, 0.4) is 0 Å². The van der Waals surface area contributed by atoms with Gasteiger partial charge in [-0.2, -0.15) is 0 Å². The van der Waals surface area contributed by atoms with Crippen LogP contribution in [0.4, 0.5) is 11.4 Å². The third kappa shape index (κ3) is 4.29. The number of anilines is 2. The molecule has 2 amide bonds. The van der Waals surface area contributed by atoms with E-state index in [1.807, 2.05) is 5.38 Å². The molecular formula is C14H14ClN3O2S. The van der Waals surface area contributed by atoms with Crippen molar-refractivity contribution in [3.8, 4) is 0 Å². The Kier molecular flexibility index (Phi) is 5.32. The van der Waals surface area contributed by atoms with Crippen molar-refractivity contribution in [2.45, 2.75) is 6.42 Å². The molecule has 0 bridgehead atoms. The fourth-order valence-corrected chi connectivity index (χ4v) is 2.46. The van der Waals surface area contributed by atoms with Gasteiger partial charge in [-0.05, 0) is 29.6 Å². The minimum Gasteiger partial charge on any atom is -0.330 e. The second-order valence-corrected chi connectivity index (χ2v) is 5.59. The summed E-state index contributed by atoms with van der Waals surface area (Å²) in [5.41, 5.74) is 6.28. The number of hydrogen-bond donors (Lipinski definition) is 3. The molecule has 0 saturated heterocycles. The molecule has 21 heavy (non-hydrogen) atoms. The van der Waals surface area contributed by atoms with Crippen LogP contribution in [-0.4, -0.2) is 18.4 Å². The second-order valence-electron chi connectivity index (χ2n) is 4.21. The van der Waals surface area contributed by atoms with Crippen LogP contribution in [0, 0.1) is 0 Å². The number of amides is 2. The van der Waals surface area contributed by atoms with E-state index < -0.39 is 0 Å². The van der Waals surface area contributed by atoms with E-state index in [0.29, 0.717) is 21.3 Å². The molecule has 0 spiro atoms. The van der Waals surface area contributed by atoms with Gasteiger partial charge in [0, 0.05) is 18.0 Å². The summed E-state index contributed by atoms with van der Waals surface area (Å²) in [6.45, 7) is 0.253. The van der Waals surface area contributed by atoms with E-state index in [1.54, 1.807) is 30.3 Å². The van der Waals surface area contributed by atoms with Gasteiger partial charge >= 0.3 is 0 Å². The predicted molar refractivity (Wildman–Crippen MR) is 86.0 cm³/mol. The van der Waals surface area contributed by atoms with Crippen molar-refractivity contribution in [2.75, 3.05) is 17.2 Å². The number of carbonyl (C=O) groups excluding carboxylic acids is 2. The van der Waals surface area contributed by atoms with E-state index >= 15 is 0 Å². The number of nitrogens with one attached hydrogen (secondary N) is 2. The summed E-state index contributed by atoms with van der Waals surface area (Å²) in [5.74, 6) is -0.465. The molecule has 7 heteroatoms. The van der Waals surface area contributed by atoms with Crippen LogP contribution in [0.1, 0.15) is 16.1 Å². The number of rotatable bonds is 5. The van der Waals surface area contributed by atoms with Crippen LogP contribution >= 0.6 is 22.9 Å². The van der Waals surface area contributed by atoms with Crippen LogP contribution in [0.15, 0.2) is 35.7 Å². The molecule has 4 N–H and O–H groups in total. The summed E-state index contributed by atoms with van der Waals surface area (Å²) in [6, 6.07) is 8.39. The van der Waals surface area contributed by atoms with Crippen molar-refractivity contribution < 1.29 is 9.59 Å². The number of hydrogen-bond acceptors (Lipinski definition) is 4. The number of nitrogens with two attached hydrogens (primary N) is 1. The summed E-state index contributed by atoms with van der Waals surface area (Å²) in [4.78, 5) is 24.3. The van der Waals surface area contributed by atoms with Crippen LogP contribution in [0.2, 0.25) is 5.02 Å². The minimum absolute atomic E-state index is 0.199. The van der Waals surface area contributed by atoms with Gasteiger partial charge in [0.15, 0.2) is 0 Å². The molecule has 0 unspecified atom stereocenters. The Morgan fingerprint density at radius 2 is 2.00 bits per heavy atom. The first-order valence-corrected chi connectivity index (χ1v) is 7.50. The fraction of sp³-hybridized carbons (Fsp3) is 0.143. The molecular weight excluding hydrogens is 310 g/mol. The summed E-state index contributed by atoms with van der Waals surface area (Å²) >= 11 is 7.27. The van der Waals surface area contributed by atoms with Crippen LogP contribution in [-0.2, 0) is 4.79 Å². The SMILES string of the molecule is NCCC(=O)Nc1cc(Cl)ccc1NC(=O)c1cccs1. The predicted octanol–water partition coefficient (Wildman–Crippen LogP) is 2.94. The first-order chi connectivity index (χ1) is 10.1. The van der Waals surface area contributed by atoms with Crippen molar-refractivity contribution in [3.05, 3.63) is 45.6 Å². The van der Waals surface area contributed by atoms with Crippen molar-refractivity contribution in [3.63, 3.8) is 0 Å². The Morgan fingerprint density at radius 3 is 2.67 bits per heavy atom. The first kappa shape index (κ1) is 15.5. The minimum atomic E-state index is -0.235. The van der Waals surface area contributed by atoms with E-state index in [-0.39, 0.29) is 24.8 Å². The number of thiophene rings is 1. The lowest BCUT2D eigenvalue weighted by molar-refractivity contribution is -0.116. The molecule has 1 aromatic heterocycles. The molecule has 0 aliphatic carbocycles. The molecule has 0 aliphatic rings. The van der Waals surface area contributed by atoms with Gasteiger partial charge < -0.3 is 16.4 Å². The standard InChI is InChI=1S/C14H14ClN3O2S/c15-9-3-4-10(11(8-9)17-13(19)5-6-16)18-14(20)12-2-1-7-21-12/h1-4,7-8H,5-6,16H2,(H,17,19)(H,18,20). The van der Waals surface area contributed by atoms with E-state index in [4.69, 9.17) is 17.3 Å². The quantitative estimate of drug-likeness (QED) is 0.791. The highest BCUT2D eigenvalue weighted by atomic mass is 35.5. The van der Waals surface area contributed by atoms with Crippen molar-refractivity contribution in [1.82, 2.24) is 0 Å². The van der Waals surface area contributed by atoms with Gasteiger partial charge in [0.1, 0.15) is 0 Å². The molecule has 110 valence electrons. The lowest BCUT2D eigenvalue weighted by Crippen LogP contribution is -2.18. The molecule has 0 saturated carbocycles. The largest absolute Gasteiger partial charge is 0.330 e. The zero-order valence-electron chi connectivity index (χ0n) is 11.1. The molecule has 0 fully saturated rings. The Balaban J connectivity index is 2.18. The summed E-state index contributed by atoms with van der Waals surface area (Å²) in [6.07, 6.45) is 0.199. The zero-order chi connectivity index (χ0) is 15.2. The molecule has 5 nitrogen and oxygen atoms in total. The number of benzene rings is 1. The van der Waals surface area contributed by atoms with Gasteiger partial charge in [0.2, 0.25) is 5.91 Å². The highest BCUT2D eigenvalue weighted by molar-refractivity contribution is 7.12. The number of carbonyl (C=O) groups is 2. The fourth-order valence-electron chi connectivity index (χ4n) is 1.66. The van der Waals surface area contributed by atoms with Crippen LogP contribution in [0.25, 0.3) is 0 Å². The smallest absolute Gasteiger partial charge is 0.265 e. The Morgan fingerprint density at radius 1 is 1.19 bits per heavy atom. The van der Waals surface area contributed by atoms with E-state index in [0.717, 1.165) is 0 Å². The van der Waals surface area contributed by atoms with Gasteiger partial charge in [-0.1, -0.05) is 17.7 Å². The van der Waals surface area contributed by atoms with Crippen molar-refractivity contribution in [1.29, 1.82) is 0 Å². The van der Waals surface area contributed by atoms with E-state index in [9.17, 15) is 9.59 Å². The highest BCUT2D eigenvalue weighted by Gasteiger charge is 2.12. The molecule has 0 atom stereocenters. The Hall–Kier alpha value is -1.89. The number of halogens is 1. The lowest BCUT2D eigenvalue weighted by atomic mass is 10.2. The van der Waals surface area contributed by atoms with Crippen molar-refractivity contribution >= 4 is 46.1 Å². The molecule has 1 heterocycles. The van der Waals surface area contributed by atoms with Crippen molar-refractivity contribution in [2.24, 2.45) is 5.73 Å². The Bertz CT molecular complexity index is 644. The zero-order valence-corrected chi connectivity index (χ0v) is 12.6. The maximum Gasteiger partial charge on any atom is 0.265 e. The molecule has 2 aromatic rings. The molecule has 1 aromatic carbocycles. The first-order valence-electron chi connectivity index (χ1n) is 6.24. The lowest BCUT2D eigenvalue weighted by Gasteiger charge is -2.12. The average Bonchev–Trinajstić information content (AvgIpc) is 2.96.